The molecule has 1 aromatic heterocycles. The Morgan fingerprint density at radius 3 is 3.11 bits per heavy atom. The highest BCUT2D eigenvalue weighted by Crippen LogP contribution is 1.97. The number of nitrogens with zero attached hydrogens (tertiary/aromatic N) is 2. The van der Waals surface area contributed by atoms with Crippen LogP contribution in [-0.4, -0.2) is 10.1 Å². The van der Waals surface area contributed by atoms with Gasteiger partial charge in [0.1, 0.15) is 0 Å². The van der Waals surface area contributed by atoms with Crippen molar-refractivity contribution in [2.45, 2.75) is 26.2 Å². The number of hydrogen-bond donors (Lipinski definition) is 0. The van der Waals surface area contributed by atoms with E-state index in [4.69, 9.17) is 4.52 Å². The van der Waals surface area contributed by atoms with Crippen LogP contribution in [0.1, 0.15) is 25.7 Å². The smallest absolute Gasteiger partial charge is 0.243 e. The zero-order valence-corrected chi connectivity index (χ0v) is 5.42. The highest BCUT2D eigenvalue weighted by atomic mass is 16.5. The zero-order chi connectivity index (χ0) is 6.53. The lowest BCUT2D eigenvalue weighted by molar-refractivity contribution is 0.373. The van der Waals surface area contributed by atoms with Crippen molar-refractivity contribution in [2.75, 3.05) is 0 Å². The summed E-state index contributed by atoms with van der Waals surface area (Å²) in [6.07, 6.45) is 5.52. The van der Waals surface area contributed by atoms with E-state index in [1.54, 1.807) is 0 Å². The van der Waals surface area contributed by atoms with Gasteiger partial charge in [-0.1, -0.05) is 18.5 Å². The largest absolute Gasteiger partial charge is 0.339 e. The molecule has 0 amide bonds. The van der Waals surface area contributed by atoms with Crippen LogP contribution in [0.15, 0.2) is 4.52 Å². The molecule has 1 heterocycles. The summed E-state index contributed by atoms with van der Waals surface area (Å²) in [7, 11) is 0. The van der Waals surface area contributed by atoms with Gasteiger partial charge in [-0.3, -0.25) is 0 Å². The lowest BCUT2D eigenvalue weighted by Crippen LogP contribution is -1.82. The summed E-state index contributed by atoms with van der Waals surface area (Å²) in [5.74, 6) is 0.692. The molecule has 0 saturated carbocycles. The fourth-order valence-corrected chi connectivity index (χ4v) is 0.599. The van der Waals surface area contributed by atoms with Gasteiger partial charge in [0.15, 0.2) is 0 Å². The van der Waals surface area contributed by atoms with Crippen LogP contribution in [0.2, 0.25) is 0 Å². The maximum absolute atomic E-state index is 4.72. The van der Waals surface area contributed by atoms with E-state index >= 15 is 0 Å². The van der Waals surface area contributed by atoms with Crippen molar-refractivity contribution in [1.29, 1.82) is 0 Å². The third kappa shape index (κ3) is 1.83. The predicted octanol–water partition coefficient (Wildman–Crippen LogP) is 1.21. The third-order valence-corrected chi connectivity index (χ3v) is 1.11. The van der Waals surface area contributed by atoms with Crippen molar-refractivity contribution in [1.82, 2.24) is 10.1 Å². The van der Waals surface area contributed by atoms with Gasteiger partial charge >= 0.3 is 0 Å². The average molecular weight is 125 g/mol. The molecule has 1 aromatic rings. The lowest BCUT2D eigenvalue weighted by atomic mass is 10.2. The Hall–Kier alpha value is -0.860. The first-order valence-electron chi connectivity index (χ1n) is 3.12. The minimum absolute atomic E-state index is 0.692. The highest BCUT2D eigenvalue weighted by Gasteiger charge is 1.95. The molecule has 9 heavy (non-hydrogen) atoms. The Bertz CT molecular complexity index is 148. The summed E-state index contributed by atoms with van der Waals surface area (Å²) in [6.45, 7) is 2.13. The fourth-order valence-electron chi connectivity index (χ4n) is 0.599. The van der Waals surface area contributed by atoms with E-state index in [0.29, 0.717) is 5.89 Å². The Kier molecular flexibility index (Phi) is 2.24. The van der Waals surface area contributed by atoms with Crippen LogP contribution in [0.5, 0.6) is 0 Å². The topological polar surface area (TPSA) is 38.9 Å². The molecule has 0 bridgehead atoms. The molecule has 3 nitrogen and oxygen atoms in total. The maximum atomic E-state index is 4.72. The second kappa shape index (κ2) is 3.22. The van der Waals surface area contributed by atoms with Crippen LogP contribution >= 0.6 is 0 Å². The van der Waals surface area contributed by atoms with Crippen LogP contribution in [-0.2, 0) is 6.42 Å². The Labute approximate surface area is 54.1 Å². The minimum Gasteiger partial charge on any atom is -0.339 e. The van der Waals surface area contributed by atoms with Crippen molar-refractivity contribution in [3.8, 4) is 0 Å². The van der Waals surface area contributed by atoms with Gasteiger partial charge < -0.3 is 4.52 Å². The van der Waals surface area contributed by atoms with Gasteiger partial charge in [0.25, 0.3) is 0 Å². The molecule has 1 rings (SSSR count). The van der Waals surface area contributed by atoms with E-state index in [2.05, 4.69) is 23.4 Å². The second-order valence-electron chi connectivity index (χ2n) is 1.89. The molecule has 0 aliphatic rings. The summed E-state index contributed by atoms with van der Waals surface area (Å²) in [5, 5.41) is 3.36. The van der Waals surface area contributed by atoms with Crippen molar-refractivity contribution in [2.24, 2.45) is 0 Å². The molecule has 0 spiro atoms. The number of rotatable bonds is 3. The molecule has 0 aliphatic heterocycles. The lowest BCUT2D eigenvalue weighted by Gasteiger charge is -1.86. The second-order valence-corrected chi connectivity index (χ2v) is 1.89. The van der Waals surface area contributed by atoms with E-state index in [1.165, 1.54) is 0 Å². The molecule has 0 N–H and O–H groups in total. The van der Waals surface area contributed by atoms with Gasteiger partial charge in [-0.15, -0.1) is 0 Å². The van der Waals surface area contributed by atoms with Gasteiger partial charge in [-0.2, -0.15) is 4.98 Å². The molecule has 1 radical (unpaired) electrons. The SMILES string of the molecule is CCCCc1n[c]no1. The molecule has 0 saturated heterocycles. The van der Waals surface area contributed by atoms with Crippen molar-refractivity contribution in [3.05, 3.63) is 12.2 Å². The minimum atomic E-state index is 0.692. The Balaban J connectivity index is 2.30. The first kappa shape index (κ1) is 6.26. The number of unbranched alkanes of at least 4 members (excludes halogenated alkanes) is 1. The summed E-state index contributed by atoms with van der Waals surface area (Å²) < 4.78 is 4.72. The van der Waals surface area contributed by atoms with Gasteiger partial charge in [0, 0.05) is 6.42 Å². The first-order valence-corrected chi connectivity index (χ1v) is 3.12. The van der Waals surface area contributed by atoms with Crippen LogP contribution in [0.3, 0.4) is 0 Å². The normalized spacial score (nSPS) is 9.89. The molecular weight excluding hydrogens is 116 g/mol. The van der Waals surface area contributed by atoms with Gasteiger partial charge in [0.2, 0.25) is 12.2 Å². The predicted molar refractivity (Wildman–Crippen MR) is 31.7 cm³/mol. The van der Waals surface area contributed by atoms with E-state index in [0.717, 1.165) is 19.3 Å². The van der Waals surface area contributed by atoms with E-state index in [-0.39, 0.29) is 0 Å². The fraction of sp³-hybridized carbons (Fsp3) is 0.667. The van der Waals surface area contributed by atoms with Crippen molar-refractivity contribution in [3.63, 3.8) is 0 Å². The number of aromatic nitrogens is 2. The van der Waals surface area contributed by atoms with Crippen LogP contribution in [0.25, 0.3) is 0 Å². The standard InChI is InChI=1S/C6H9N2O/c1-2-3-4-6-7-5-8-9-6/h2-4H2,1H3. The molecular formula is C6H9N2O. The molecule has 0 fully saturated rings. The van der Waals surface area contributed by atoms with Gasteiger partial charge in [-0.05, 0) is 6.42 Å². The Morgan fingerprint density at radius 2 is 2.56 bits per heavy atom. The van der Waals surface area contributed by atoms with Crippen molar-refractivity contribution < 1.29 is 4.52 Å². The van der Waals surface area contributed by atoms with Crippen LogP contribution in [0.4, 0.5) is 0 Å². The Morgan fingerprint density at radius 1 is 1.67 bits per heavy atom. The van der Waals surface area contributed by atoms with E-state index in [1.807, 2.05) is 0 Å². The molecule has 0 aromatic carbocycles. The molecule has 0 aliphatic carbocycles. The van der Waals surface area contributed by atoms with E-state index < -0.39 is 0 Å². The number of aryl methyl sites for hydroxylation is 1. The summed E-state index contributed by atoms with van der Waals surface area (Å²) in [5.41, 5.74) is 0. The summed E-state index contributed by atoms with van der Waals surface area (Å²) in [4.78, 5) is 3.75. The first-order chi connectivity index (χ1) is 4.43. The quantitative estimate of drug-likeness (QED) is 0.609. The van der Waals surface area contributed by atoms with Crippen LogP contribution in [0, 0.1) is 6.33 Å². The van der Waals surface area contributed by atoms with Crippen LogP contribution < -0.4 is 0 Å². The third-order valence-electron chi connectivity index (χ3n) is 1.11. The molecule has 49 valence electrons. The highest BCUT2D eigenvalue weighted by molar-refractivity contribution is 4.71. The monoisotopic (exact) mass is 125 g/mol. The molecule has 3 heteroatoms. The van der Waals surface area contributed by atoms with Gasteiger partial charge in [-0.25, -0.2) is 0 Å². The average Bonchev–Trinajstić information content (AvgIpc) is 2.34. The number of hydrogen-bond acceptors (Lipinski definition) is 3. The summed E-state index contributed by atoms with van der Waals surface area (Å²) >= 11 is 0. The van der Waals surface area contributed by atoms with E-state index in [9.17, 15) is 0 Å². The summed E-state index contributed by atoms with van der Waals surface area (Å²) in [6, 6.07) is 0. The van der Waals surface area contributed by atoms with Gasteiger partial charge in [0.05, 0.1) is 0 Å². The van der Waals surface area contributed by atoms with Crippen molar-refractivity contribution >= 4 is 0 Å². The maximum Gasteiger partial charge on any atom is 0.243 e. The molecule has 0 unspecified atom stereocenters. The zero-order valence-electron chi connectivity index (χ0n) is 5.42. The molecule has 0 atom stereocenters.